The Morgan fingerprint density at radius 1 is 1.24 bits per heavy atom. The molecule has 1 aliphatic heterocycles. The van der Waals surface area contributed by atoms with Crippen LogP contribution in [0.5, 0.6) is 0 Å². The molecule has 0 unspecified atom stereocenters. The van der Waals surface area contributed by atoms with Crippen molar-refractivity contribution in [1.82, 2.24) is 4.90 Å². The van der Waals surface area contributed by atoms with Gasteiger partial charge in [0, 0.05) is 44.1 Å². The zero-order chi connectivity index (χ0) is 12.3. The fourth-order valence-electron chi connectivity index (χ4n) is 2.23. The van der Waals surface area contributed by atoms with Crippen LogP contribution in [0.25, 0.3) is 0 Å². The summed E-state index contributed by atoms with van der Waals surface area (Å²) in [5, 5.41) is 8.90. The fourth-order valence-corrected chi connectivity index (χ4v) is 2.23. The largest absolute Gasteiger partial charge is 0.399 e. The summed E-state index contributed by atoms with van der Waals surface area (Å²) in [4.78, 5) is 4.67. The van der Waals surface area contributed by atoms with Gasteiger partial charge in [0.2, 0.25) is 0 Å². The van der Waals surface area contributed by atoms with Crippen LogP contribution in [0.15, 0.2) is 18.2 Å². The molecule has 0 saturated carbocycles. The molecule has 0 bridgehead atoms. The molecule has 4 heteroatoms. The SMILES string of the molecule is Cc1cc(N2CCN(CCO)CC2)ccc1N. The Hall–Kier alpha value is -1.26. The van der Waals surface area contributed by atoms with E-state index >= 15 is 0 Å². The summed E-state index contributed by atoms with van der Waals surface area (Å²) in [6.45, 7) is 7.15. The maximum Gasteiger partial charge on any atom is 0.0558 e. The lowest BCUT2D eigenvalue weighted by Crippen LogP contribution is -2.47. The van der Waals surface area contributed by atoms with Crippen LogP contribution in [0.1, 0.15) is 5.56 Å². The van der Waals surface area contributed by atoms with Crippen LogP contribution in [0.4, 0.5) is 11.4 Å². The van der Waals surface area contributed by atoms with Gasteiger partial charge in [-0.2, -0.15) is 0 Å². The van der Waals surface area contributed by atoms with Crippen LogP contribution in [0.3, 0.4) is 0 Å². The highest BCUT2D eigenvalue weighted by molar-refractivity contribution is 5.58. The topological polar surface area (TPSA) is 52.7 Å². The number of rotatable bonds is 3. The molecule has 3 N–H and O–H groups in total. The van der Waals surface area contributed by atoms with E-state index in [-0.39, 0.29) is 6.61 Å². The molecule has 0 aromatic heterocycles. The molecule has 0 spiro atoms. The van der Waals surface area contributed by atoms with Gasteiger partial charge in [-0.05, 0) is 30.7 Å². The molecule has 0 atom stereocenters. The van der Waals surface area contributed by atoms with Gasteiger partial charge in [-0.1, -0.05) is 0 Å². The monoisotopic (exact) mass is 235 g/mol. The number of aliphatic hydroxyl groups is 1. The highest BCUT2D eigenvalue weighted by atomic mass is 16.3. The molecule has 1 aliphatic rings. The molecular weight excluding hydrogens is 214 g/mol. The fraction of sp³-hybridized carbons (Fsp3) is 0.538. The third-order valence-corrected chi connectivity index (χ3v) is 3.41. The molecule has 0 radical (unpaired) electrons. The third kappa shape index (κ3) is 2.90. The van der Waals surface area contributed by atoms with E-state index in [0.29, 0.717) is 0 Å². The number of β-amino-alcohol motifs (C(OH)–C–C–N with tert-alkyl or cyclic N) is 1. The quantitative estimate of drug-likeness (QED) is 0.757. The number of piperazine rings is 1. The number of hydrogen-bond acceptors (Lipinski definition) is 4. The third-order valence-electron chi connectivity index (χ3n) is 3.41. The summed E-state index contributed by atoms with van der Waals surface area (Å²) in [6.07, 6.45) is 0. The van der Waals surface area contributed by atoms with Crippen molar-refractivity contribution in [3.63, 3.8) is 0 Å². The predicted molar refractivity (Wildman–Crippen MR) is 71.3 cm³/mol. The van der Waals surface area contributed by atoms with Crippen molar-refractivity contribution in [2.24, 2.45) is 0 Å². The number of aryl methyl sites for hydroxylation is 1. The number of aliphatic hydroxyl groups excluding tert-OH is 1. The summed E-state index contributed by atoms with van der Waals surface area (Å²) in [5.41, 5.74) is 9.07. The maximum atomic E-state index is 8.90. The van der Waals surface area contributed by atoms with Crippen LogP contribution in [-0.2, 0) is 0 Å². The van der Waals surface area contributed by atoms with Crippen molar-refractivity contribution in [2.45, 2.75) is 6.92 Å². The molecule has 0 amide bonds. The van der Waals surface area contributed by atoms with E-state index in [1.54, 1.807) is 0 Å². The van der Waals surface area contributed by atoms with Crippen molar-refractivity contribution < 1.29 is 5.11 Å². The molecule has 2 rings (SSSR count). The van der Waals surface area contributed by atoms with Crippen molar-refractivity contribution >= 4 is 11.4 Å². The van der Waals surface area contributed by atoms with Gasteiger partial charge in [0.1, 0.15) is 0 Å². The summed E-state index contributed by atoms with van der Waals surface area (Å²) in [5.74, 6) is 0. The highest BCUT2D eigenvalue weighted by Gasteiger charge is 2.16. The van der Waals surface area contributed by atoms with E-state index in [4.69, 9.17) is 10.8 Å². The van der Waals surface area contributed by atoms with E-state index in [1.165, 1.54) is 5.69 Å². The number of anilines is 2. The second kappa shape index (κ2) is 5.38. The van der Waals surface area contributed by atoms with Gasteiger partial charge >= 0.3 is 0 Å². The summed E-state index contributed by atoms with van der Waals surface area (Å²) >= 11 is 0. The molecule has 1 heterocycles. The van der Waals surface area contributed by atoms with Crippen LogP contribution in [0.2, 0.25) is 0 Å². The lowest BCUT2D eigenvalue weighted by molar-refractivity contribution is 0.189. The Morgan fingerprint density at radius 2 is 1.94 bits per heavy atom. The molecule has 1 saturated heterocycles. The molecule has 94 valence electrons. The number of nitrogen functional groups attached to an aromatic ring is 1. The van der Waals surface area contributed by atoms with Gasteiger partial charge < -0.3 is 15.7 Å². The Morgan fingerprint density at radius 3 is 2.53 bits per heavy atom. The summed E-state index contributed by atoms with van der Waals surface area (Å²) < 4.78 is 0. The molecule has 1 fully saturated rings. The van der Waals surface area contributed by atoms with Crippen molar-refractivity contribution in [1.29, 1.82) is 0 Å². The highest BCUT2D eigenvalue weighted by Crippen LogP contribution is 2.21. The Kier molecular flexibility index (Phi) is 3.86. The average molecular weight is 235 g/mol. The summed E-state index contributed by atoms with van der Waals surface area (Å²) in [6, 6.07) is 6.21. The van der Waals surface area contributed by atoms with Gasteiger partial charge in [-0.15, -0.1) is 0 Å². The van der Waals surface area contributed by atoms with Crippen LogP contribution >= 0.6 is 0 Å². The van der Waals surface area contributed by atoms with E-state index in [2.05, 4.69) is 21.9 Å². The molecule has 1 aromatic carbocycles. The molecule has 1 aromatic rings. The minimum Gasteiger partial charge on any atom is -0.399 e. The minimum absolute atomic E-state index is 0.251. The van der Waals surface area contributed by atoms with Crippen LogP contribution in [0, 0.1) is 6.92 Å². The van der Waals surface area contributed by atoms with Gasteiger partial charge in [0.15, 0.2) is 0 Å². The number of benzene rings is 1. The van der Waals surface area contributed by atoms with Gasteiger partial charge in [-0.25, -0.2) is 0 Å². The van der Waals surface area contributed by atoms with E-state index < -0.39 is 0 Å². The standard InChI is InChI=1S/C13H21N3O/c1-11-10-12(2-3-13(11)14)16-6-4-15(5-7-16)8-9-17/h2-3,10,17H,4-9,14H2,1H3. The van der Waals surface area contributed by atoms with Crippen molar-refractivity contribution in [3.05, 3.63) is 23.8 Å². The molecular formula is C13H21N3O. The maximum absolute atomic E-state index is 8.90. The van der Waals surface area contributed by atoms with Gasteiger partial charge in [0.05, 0.1) is 6.61 Å². The second-order valence-electron chi connectivity index (χ2n) is 4.59. The van der Waals surface area contributed by atoms with Crippen molar-refractivity contribution in [3.8, 4) is 0 Å². The van der Waals surface area contributed by atoms with Crippen molar-refractivity contribution in [2.75, 3.05) is 50.0 Å². The molecule has 4 nitrogen and oxygen atoms in total. The second-order valence-corrected chi connectivity index (χ2v) is 4.59. The first kappa shape index (κ1) is 12.2. The van der Waals surface area contributed by atoms with Crippen LogP contribution < -0.4 is 10.6 Å². The van der Waals surface area contributed by atoms with Crippen LogP contribution in [-0.4, -0.2) is 49.3 Å². The predicted octanol–water partition coefficient (Wildman–Crippen LogP) is 0.692. The van der Waals surface area contributed by atoms with Gasteiger partial charge in [0.25, 0.3) is 0 Å². The van der Waals surface area contributed by atoms with Gasteiger partial charge in [-0.3, -0.25) is 4.90 Å². The zero-order valence-corrected chi connectivity index (χ0v) is 10.4. The lowest BCUT2D eigenvalue weighted by atomic mass is 10.1. The lowest BCUT2D eigenvalue weighted by Gasteiger charge is -2.36. The summed E-state index contributed by atoms with van der Waals surface area (Å²) in [7, 11) is 0. The number of nitrogens with zero attached hydrogens (tertiary/aromatic N) is 2. The minimum atomic E-state index is 0.251. The van der Waals surface area contributed by atoms with E-state index in [1.807, 2.05) is 13.0 Å². The Balaban J connectivity index is 1.98. The van der Waals surface area contributed by atoms with E-state index in [9.17, 15) is 0 Å². The first-order chi connectivity index (χ1) is 8.20. The average Bonchev–Trinajstić information content (AvgIpc) is 2.34. The first-order valence-corrected chi connectivity index (χ1v) is 6.15. The first-order valence-electron chi connectivity index (χ1n) is 6.15. The Labute approximate surface area is 103 Å². The number of nitrogens with two attached hydrogens (primary N) is 1. The smallest absolute Gasteiger partial charge is 0.0558 e. The number of hydrogen-bond donors (Lipinski definition) is 2. The molecule has 0 aliphatic carbocycles. The Bertz CT molecular complexity index is 373. The normalized spacial score (nSPS) is 17.4. The zero-order valence-electron chi connectivity index (χ0n) is 10.4. The van der Waals surface area contributed by atoms with E-state index in [0.717, 1.165) is 44.0 Å². The molecule has 17 heavy (non-hydrogen) atoms.